The van der Waals surface area contributed by atoms with Crippen LogP contribution in [-0.2, 0) is 17.8 Å². The second kappa shape index (κ2) is 12.5. The molecule has 194 valence electrons. The molecule has 0 aliphatic carbocycles. The topological polar surface area (TPSA) is 77.8 Å². The van der Waals surface area contributed by atoms with Crippen LogP contribution in [-0.4, -0.2) is 83.1 Å². The van der Waals surface area contributed by atoms with Crippen LogP contribution in [0.25, 0.3) is 0 Å². The molecule has 2 fully saturated rings. The molecule has 0 amide bonds. The van der Waals surface area contributed by atoms with Crippen LogP contribution < -0.4 is 9.47 Å². The van der Waals surface area contributed by atoms with Gasteiger partial charge in [0.2, 0.25) is 0 Å². The SMILES string of the molecule is COc1ccc(OC)c(C(c2nnnn2CC2CCCO2)N2CCN(Cc3ccccc3)CC2)c1.Cl. The minimum Gasteiger partial charge on any atom is -0.497 e. The zero-order valence-corrected chi connectivity index (χ0v) is 21.8. The van der Waals surface area contributed by atoms with Crippen molar-refractivity contribution in [3.8, 4) is 11.5 Å². The van der Waals surface area contributed by atoms with Crippen LogP contribution in [0.4, 0.5) is 0 Å². The number of halogens is 1. The third-order valence-corrected chi connectivity index (χ3v) is 6.96. The van der Waals surface area contributed by atoms with Crippen molar-refractivity contribution in [1.82, 2.24) is 30.0 Å². The summed E-state index contributed by atoms with van der Waals surface area (Å²) < 4.78 is 19.2. The molecular weight excluding hydrogens is 480 g/mol. The first-order valence-electron chi connectivity index (χ1n) is 12.3. The van der Waals surface area contributed by atoms with Crippen molar-refractivity contribution < 1.29 is 14.2 Å². The van der Waals surface area contributed by atoms with Crippen molar-refractivity contribution >= 4 is 12.4 Å². The number of tetrazole rings is 1. The van der Waals surface area contributed by atoms with Crippen molar-refractivity contribution in [2.75, 3.05) is 47.0 Å². The molecule has 0 spiro atoms. The number of benzene rings is 2. The number of ether oxygens (including phenoxy) is 3. The first-order chi connectivity index (χ1) is 17.2. The van der Waals surface area contributed by atoms with E-state index in [1.165, 1.54) is 5.56 Å². The summed E-state index contributed by atoms with van der Waals surface area (Å²) in [6.45, 7) is 6.13. The molecule has 5 rings (SSSR count). The summed E-state index contributed by atoms with van der Waals surface area (Å²) in [6, 6.07) is 16.4. The van der Waals surface area contributed by atoms with E-state index in [0.29, 0.717) is 6.54 Å². The number of rotatable bonds is 9. The molecule has 1 aromatic heterocycles. The van der Waals surface area contributed by atoms with Crippen molar-refractivity contribution in [2.45, 2.75) is 38.1 Å². The standard InChI is InChI=1S/C26H34N6O3.ClH/c1-33-21-10-11-24(34-2)23(17-21)25(26-27-28-29-32(26)19-22-9-6-16-35-22)31-14-12-30(13-15-31)18-20-7-4-3-5-8-20;/h3-5,7-8,10-11,17,22,25H,6,9,12-16,18-19H2,1-2H3;1H. The van der Waals surface area contributed by atoms with Gasteiger partial charge in [0, 0.05) is 44.9 Å². The second-order valence-corrected chi connectivity index (χ2v) is 9.16. The van der Waals surface area contributed by atoms with Crippen LogP contribution in [0.5, 0.6) is 11.5 Å². The number of hydrogen-bond acceptors (Lipinski definition) is 8. The summed E-state index contributed by atoms with van der Waals surface area (Å²) >= 11 is 0. The molecule has 2 aromatic carbocycles. The monoisotopic (exact) mass is 514 g/mol. The molecule has 10 heteroatoms. The molecule has 2 unspecified atom stereocenters. The van der Waals surface area contributed by atoms with Gasteiger partial charge in [-0.05, 0) is 47.0 Å². The van der Waals surface area contributed by atoms with E-state index >= 15 is 0 Å². The van der Waals surface area contributed by atoms with Gasteiger partial charge in [-0.1, -0.05) is 30.3 Å². The zero-order valence-electron chi connectivity index (χ0n) is 21.0. The van der Waals surface area contributed by atoms with Crippen LogP contribution in [0, 0.1) is 0 Å². The number of methoxy groups -OCH3 is 2. The van der Waals surface area contributed by atoms with Gasteiger partial charge in [-0.2, -0.15) is 0 Å². The van der Waals surface area contributed by atoms with Gasteiger partial charge in [0.05, 0.1) is 26.9 Å². The molecule has 0 radical (unpaired) electrons. The lowest BCUT2D eigenvalue weighted by Gasteiger charge is -2.39. The lowest BCUT2D eigenvalue weighted by Crippen LogP contribution is -2.48. The molecule has 9 nitrogen and oxygen atoms in total. The van der Waals surface area contributed by atoms with Gasteiger partial charge in [-0.25, -0.2) is 4.68 Å². The summed E-state index contributed by atoms with van der Waals surface area (Å²) in [4.78, 5) is 4.96. The maximum Gasteiger partial charge on any atom is 0.173 e. The molecular formula is C26H35ClN6O3. The highest BCUT2D eigenvalue weighted by Gasteiger charge is 2.33. The van der Waals surface area contributed by atoms with Gasteiger partial charge in [0.25, 0.3) is 0 Å². The van der Waals surface area contributed by atoms with Crippen LogP contribution in [0.15, 0.2) is 48.5 Å². The quantitative estimate of drug-likeness (QED) is 0.431. The smallest absolute Gasteiger partial charge is 0.173 e. The molecule has 2 aliphatic rings. The molecule has 3 aromatic rings. The second-order valence-electron chi connectivity index (χ2n) is 9.16. The highest BCUT2D eigenvalue weighted by molar-refractivity contribution is 5.85. The molecule has 36 heavy (non-hydrogen) atoms. The minimum atomic E-state index is -0.157. The van der Waals surface area contributed by atoms with Gasteiger partial charge in [0.15, 0.2) is 5.82 Å². The highest BCUT2D eigenvalue weighted by atomic mass is 35.5. The predicted octanol–water partition coefficient (Wildman–Crippen LogP) is 3.20. The Balaban J connectivity index is 0.00000304. The average molecular weight is 515 g/mol. The molecule has 0 N–H and O–H groups in total. The molecule has 2 aliphatic heterocycles. The van der Waals surface area contributed by atoms with Gasteiger partial charge in [-0.3, -0.25) is 9.80 Å². The fourth-order valence-corrected chi connectivity index (χ4v) is 5.09. The maximum absolute atomic E-state index is 5.88. The number of nitrogens with zero attached hydrogens (tertiary/aromatic N) is 6. The summed E-state index contributed by atoms with van der Waals surface area (Å²) in [6.07, 6.45) is 2.26. The molecule has 0 bridgehead atoms. The van der Waals surface area contributed by atoms with Crippen molar-refractivity contribution in [3.05, 3.63) is 65.5 Å². The molecule has 2 saturated heterocycles. The Bertz CT molecular complexity index is 1080. The molecule has 2 atom stereocenters. The first kappa shape index (κ1) is 26.3. The summed E-state index contributed by atoms with van der Waals surface area (Å²) in [7, 11) is 3.39. The van der Waals surface area contributed by atoms with Gasteiger partial charge in [0.1, 0.15) is 17.5 Å². The van der Waals surface area contributed by atoms with E-state index in [2.05, 4.69) is 55.7 Å². The Morgan fingerprint density at radius 1 is 1.03 bits per heavy atom. The van der Waals surface area contributed by atoms with Crippen molar-refractivity contribution in [2.24, 2.45) is 0 Å². The first-order valence-corrected chi connectivity index (χ1v) is 12.3. The number of aromatic nitrogens is 4. The van der Waals surface area contributed by atoms with E-state index in [-0.39, 0.29) is 24.6 Å². The van der Waals surface area contributed by atoms with Gasteiger partial charge in [-0.15, -0.1) is 17.5 Å². The Morgan fingerprint density at radius 2 is 1.83 bits per heavy atom. The zero-order chi connectivity index (χ0) is 24.0. The third kappa shape index (κ3) is 5.98. The van der Waals surface area contributed by atoms with Crippen LogP contribution in [0.1, 0.15) is 35.8 Å². The summed E-state index contributed by atoms with van der Waals surface area (Å²) in [5.41, 5.74) is 2.35. The van der Waals surface area contributed by atoms with Gasteiger partial charge < -0.3 is 14.2 Å². The van der Waals surface area contributed by atoms with Crippen molar-refractivity contribution in [1.29, 1.82) is 0 Å². The lowest BCUT2D eigenvalue weighted by molar-refractivity contribution is 0.0837. The van der Waals surface area contributed by atoms with E-state index in [4.69, 9.17) is 14.2 Å². The van der Waals surface area contributed by atoms with E-state index in [9.17, 15) is 0 Å². The maximum atomic E-state index is 5.88. The van der Waals surface area contributed by atoms with E-state index in [0.717, 1.165) is 75.1 Å². The normalized spacial score (nSPS) is 19.6. The Hall–Kier alpha value is -2.72. The summed E-state index contributed by atoms with van der Waals surface area (Å²) in [5.74, 6) is 2.39. The third-order valence-electron chi connectivity index (χ3n) is 6.96. The molecule has 0 saturated carbocycles. The van der Waals surface area contributed by atoms with E-state index in [1.807, 2.05) is 22.9 Å². The Labute approximate surface area is 218 Å². The van der Waals surface area contributed by atoms with E-state index in [1.54, 1.807) is 14.2 Å². The largest absolute Gasteiger partial charge is 0.497 e. The van der Waals surface area contributed by atoms with Gasteiger partial charge >= 0.3 is 0 Å². The fraction of sp³-hybridized carbons (Fsp3) is 0.500. The van der Waals surface area contributed by atoms with E-state index < -0.39 is 0 Å². The number of piperazine rings is 1. The van der Waals surface area contributed by atoms with Crippen LogP contribution >= 0.6 is 12.4 Å². The van der Waals surface area contributed by atoms with Crippen LogP contribution in [0.3, 0.4) is 0 Å². The highest BCUT2D eigenvalue weighted by Crippen LogP contribution is 2.37. The number of hydrogen-bond donors (Lipinski definition) is 0. The Kier molecular flexibility index (Phi) is 9.14. The van der Waals surface area contributed by atoms with Crippen molar-refractivity contribution in [3.63, 3.8) is 0 Å². The average Bonchev–Trinajstić information content (AvgIpc) is 3.59. The molecule has 3 heterocycles. The minimum absolute atomic E-state index is 0. The summed E-state index contributed by atoms with van der Waals surface area (Å²) in [5, 5.41) is 13.0. The predicted molar refractivity (Wildman–Crippen MR) is 139 cm³/mol. The Morgan fingerprint density at radius 3 is 2.53 bits per heavy atom. The lowest BCUT2D eigenvalue weighted by atomic mass is 10.0. The van der Waals surface area contributed by atoms with Crippen LogP contribution in [0.2, 0.25) is 0 Å². The fourth-order valence-electron chi connectivity index (χ4n) is 5.09.